The van der Waals surface area contributed by atoms with Gasteiger partial charge in [0.05, 0.1) is 7.11 Å². The zero-order valence-electron chi connectivity index (χ0n) is 8.25. The minimum atomic E-state index is -0.168. The van der Waals surface area contributed by atoms with Gasteiger partial charge in [-0.05, 0) is 24.3 Å². The van der Waals surface area contributed by atoms with E-state index in [4.69, 9.17) is 4.74 Å². The molecule has 0 bridgehead atoms. The first-order valence-corrected chi connectivity index (χ1v) is 4.49. The van der Waals surface area contributed by atoms with Gasteiger partial charge < -0.3 is 4.74 Å². The van der Waals surface area contributed by atoms with E-state index in [9.17, 15) is 4.79 Å². The molecule has 4 nitrogen and oxygen atoms in total. The molecule has 1 aromatic carbocycles. The average Bonchev–Trinajstić information content (AvgIpc) is 2.81. The number of carbonyl (C=O) groups excluding carboxylic acids is 1. The molecule has 15 heavy (non-hydrogen) atoms. The molecule has 2 rings (SSSR count). The predicted octanol–water partition coefficient (Wildman–Crippen LogP) is 1.58. The molecule has 1 heterocycles. The van der Waals surface area contributed by atoms with Gasteiger partial charge in [0.25, 0.3) is 5.91 Å². The Bertz CT molecular complexity index is 463. The van der Waals surface area contributed by atoms with Crippen molar-refractivity contribution in [3.05, 3.63) is 48.3 Å². The average molecular weight is 202 g/mol. The Morgan fingerprint density at radius 2 is 2.27 bits per heavy atom. The summed E-state index contributed by atoms with van der Waals surface area (Å²) in [7, 11) is 1.57. The van der Waals surface area contributed by atoms with E-state index in [0.717, 1.165) is 0 Å². The Kier molecular flexibility index (Phi) is 2.49. The molecule has 0 unspecified atom stereocenters. The van der Waals surface area contributed by atoms with Gasteiger partial charge in [-0.1, -0.05) is 6.07 Å². The smallest absolute Gasteiger partial charge is 0.278 e. The summed E-state index contributed by atoms with van der Waals surface area (Å²) >= 11 is 0. The van der Waals surface area contributed by atoms with Gasteiger partial charge in [0, 0.05) is 18.0 Å². The number of hydrogen-bond acceptors (Lipinski definition) is 3. The highest BCUT2D eigenvalue weighted by Gasteiger charge is 2.08. The maximum atomic E-state index is 11.8. The summed E-state index contributed by atoms with van der Waals surface area (Å²) in [6.07, 6.45) is 3.18. The topological polar surface area (TPSA) is 44.1 Å². The minimum Gasteiger partial charge on any atom is -0.497 e. The van der Waals surface area contributed by atoms with Crippen molar-refractivity contribution in [2.75, 3.05) is 7.11 Å². The van der Waals surface area contributed by atoms with Crippen molar-refractivity contribution < 1.29 is 9.53 Å². The number of carbonyl (C=O) groups is 1. The van der Waals surface area contributed by atoms with E-state index in [1.54, 1.807) is 49.8 Å². The maximum Gasteiger partial charge on any atom is 0.278 e. The van der Waals surface area contributed by atoms with E-state index in [1.165, 1.54) is 4.68 Å². The number of benzene rings is 1. The lowest BCUT2D eigenvalue weighted by Gasteiger charge is -2.03. The standard InChI is InChI=1S/C11H10N2O2/c1-15-10-5-2-4-9(8-10)11(14)13-7-3-6-12-13/h2-8H,1H3. The van der Waals surface area contributed by atoms with Crippen LogP contribution in [0.5, 0.6) is 5.75 Å². The van der Waals surface area contributed by atoms with E-state index >= 15 is 0 Å². The fourth-order valence-electron chi connectivity index (χ4n) is 1.28. The van der Waals surface area contributed by atoms with Gasteiger partial charge in [0.2, 0.25) is 0 Å². The monoisotopic (exact) mass is 202 g/mol. The van der Waals surface area contributed by atoms with E-state index in [2.05, 4.69) is 5.10 Å². The zero-order valence-corrected chi connectivity index (χ0v) is 8.25. The second kappa shape index (κ2) is 3.96. The third kappa shape index (κ3) is 1.88. The molecule has 0 amide bonds. The molecule has 2 aromatic rings. The zero-order chi connectivity index (χ0) is 10.7. The largest absolute Gasteiger partial charge is 0.497 e. The van der Waals surface area contributed by atoms with Crippen LogP contribution in [-0.2, 0) is 0 Å². The van der Waals surface area contributed by atoms with Crippen LogP contribution in [0, 0.1) is 0 Å². The number of ether oxygens (including phenoxy) is 1. The van der Waals surface area contributed by atoms with Crippen LogP contribution in [-0.4, -0.2) is 22.8 Å². The van der Waals surface area contributed by atoms with Crippen molar-refractivity contribution in [3.8, 4) is 5.75 Å². The molecule has 4 heteroatoms. The van der Waals surface area contributed by atoms with Crippen molar-refractivity contribution in [2.45, 2.75) is 0 Å². The maximum absolute atomic E-state index is 11.8. The third-order valence-electron chi connectivity index (χ3n) is 2.03. The molecule has 0 saturated heterocycles. The highest BCUT2D eigenvalue weighted by molar-refractivity contribution is 5.95. The van der Waals surface area contributed by atoms with Gasteiger partial charge in [-0.2, -0.15) is 5.10 Å². The van der Waals surface area contributed by atoms with Crippen molar-refractivity contribution in [2.24, 2.45) is 0 Å². The van der Waals surface area contributed by atoms with E-state index in [1.807, 2.05) is 0 Å². The Morgan fingerprint density at radius 1 is 1.40 bits per heavy atom. The van der Waals surface area contributed by atoms with Crippen molar-refractivity contribution in [1.82, 2.24) is 9.78 Å². The molecule has 0 atom stereocenters. The first kappa shape index (κ1) is 9.45. The molecular formula is C11H10N2O2. The molecule has 0 N–H and O–H groups in total. The van der Waals surface area contributed by atoms with Gasteiger partial charge in [0.1, 0.15) is 5.75 Å². The van der Waals surface area contributed by atoms with Gasteiger partial charge in [-0.3, -0.25) is 4.79 Å². The fourth-order valence-corrected chi connectivity index (χ4v) is 1.28. The Labute approximate surface area is 87.1 Å². The minimum absolute atomic E-state index is 0.168. The molecule has 0 fully saturated rings. The van der Waals surface area contributed by atoms with E-state index in [-0.39, 0.29) is 5.91 Å². The van der Waals surface area contributed by atoms with Crippen LogP contribution in [0.4, 0.5) is 0 Å². The van der Waals surface area contributed by atoms with Crippen LogP contribution in [0.1, 0.15) is 10.4 Å². The van der Waals surface area contributed by atoms with Gasteiger partial charge >= 0.3 is 0 Å². The normalized spacial score (nSPS) is 9.93. The summed E-state index contributed by atoms with van der Waals surface area (Å²) in [5.74, 6) is 0.493. The summed E-state index contributed by atoms with van der Waals surface area (Å²) in [5, 5.41) is 3.87. The SMILES string of the molecule is COc1cccc(C(=O)n2cccn2)c1. The first-order valence-electron chi connectivity index (χ1n) is 4.49. The third-order valence-corrected chi connectivity index (χ3v) is 2.03. The van der Waals surface area contributed by atoms with Gasteiger partial charge in [-0.25, -0.2) is 4.68 Å². The summed E-state index contributed by atoms with van der Waals surface area (Å²) in [6.45, 7) is 0. The Balaban J connectivity index is 2.34. The van der Waals surface area contributed by atoms with Crippen LogP contribution >= 0.6 is 0 Å². The summed E-state index contributed by atoms with van der Waals surface area (Å²) in [5.41, 5.74) is 0.554. The number of aromatic nitrogens is 2. The van der Waals surface area contributed by atoms with Crippen LogP contribution in [0.25, 0.3) is 0 Å². The molecule has 0 aliphatic carbocycles. The lowest BCUT2D eigenvalue weighted by atomic mass is 10.2. The Hall–Kier alpha value is -2.10. The molecule has 0 aliphatic rings. The van der Waals surface area contributed by atoms with Gasteiger partial charge in [-0.15, -0.1) is 0 Å². The van der Waals surface area contributed by atoms with Crippen molar-refractivity contribution >= 4 is 5.91 Å². The predicted molar refractivity (Wildman–Crippen MR) is 54.9 cm³/mol. The number of rotatable bonds is 2. The van der Waals surface area contributed by atoms with Crippen LogP contribution in [0.15, 0.2) is 42.7 Å². The second-order valence-electron chi connectivity index (χ2n) is 2.99. The number of hydrogen-bond donors (Lipinski definition) is 0. The molecule has 0 saturated carbocycles. The highest BCUT2D eigenvalue weighted by Crippen LogP contribution is 2.13. The molecule has 76 valence electrons. The van der Waals surface area contributed by atoms with E-state index in [0.29, 0.717) is 11.3 Å². The molecule has 0 aliphatic heterocycles. The number of methoxy groups -OCH3 is 1. The van der Waals surface area contributed by atoms with Crippen LogP contribution in [0.2, 0.25) is 0 Å². The second-order valence-corrected chi connectivity index (χ2v) is 2.99. The number of nitrogens with zero attached hydrogens (tertiary/aromatic N) is 2. The summed E-state index contributed by atoms with van der Waals surface area (Å²) < 4.78 is 6.33. The Morgan fingerprint density at radius 3 is 2.93 bits per heavy atom. The van der Waals surface area contributed by atoms with E-state index < -0.39 is 0 Å². The molecule has 1 aromatic heterocycles. The fraction of sp³-hybridized carbons (Fsp3) is 0.0909. The van der Waals surface area contributed by atoms with Gasteiger partial charge in [0.15, 0.2) is 0 Å². The summed E-state index contributed by atoms with van der Waals surface area (Å²) in [6, 6.07) is 8.68. The highest BCUT2D eigenvalue weighted by atomic mass is 16.5. The van der Waals surface area contributed by atoms with Crippen LogP contribution in [0.3, 0.4) is 0 Å². The summed E-state index contributed by atoms with van der Waals surface area (Å²) in [4.78, 5) is 11.8. The lowest BCUT2D eigenvalue weighted by molar-refractivity contribution is 0.0945. The first-order chi connectivity index (χ1) is 7.31. The lowest BCUT2D eigenvalue weighted by Crippen LogP contribution is -2.12. The molecular weight excluding hydrogens is 192 g/mol. The van der Waals surface area contributed by atoms with Crippen molar-refractivity contribution in [1.29, 1.82) is 0 Å². The molecule has 0 spiro atoms. The molecule has 0 radical (unpaired) electrons. The van der Waals surface area contributed by atoms with Crippen molar-refractivity contribution in [3.63, 3.8) is 0 Å². The van der Waals surface area contributed by atoms with Crippen LogP contribution < -0.4 is 4.74 Å². The quantitative estimate of drug-likeness (QED) is 0.742.